The molecule has 0 N–H and O–H groups in total. The third-order valence-corrected chi connectivity index (χ3v) is 2.46. The molecule has 1 fully saturated rings. The first kappa shape index (κ1) is 9.29. The van der Waals surface area contributed by atoms with Crippen LogP contribution in [-0.2, 0) is 4.79 Å². The van der Waals surface area contributed by atoms with Crippen LogP contribution in [0.15, 0.2) is 12.2 Å². The van der Waals surface area contributed by atoms with Crippen molar-refractivity contribution in [3.63, 3.8) is 0 Å². The highest BCUT2D eigenvalue weighted by molar-refractivity contribution is 5.77. The van der Waals surface area contributed by atoms with Crippen LogP contribution in [0.3, 0.4) is 0 Å². The Morgan fingerprint density at radius 1 is 1.33 bits per heavy atom. The molecule has 0 aromatic heterocycles. The highest BCUT2D eigenvalue weighted by Gasteiger charge is 2.61. The van der Waals surface area contributed by atoms with Crippen LogP contribution in [0.1, 0.15) is 13.8 Å². The fraction of sp³-hybridized carbons (Fsp3) is 0.625. The molecular formula is C8H9F3O. The lowest BCUT2D eigenvalue weighted by Crippen LogP contribution is -1.97. The van der Waals surface area contributed by atoms with Gasteiger partial charge in [0, 0.05) is 5.92 Å². The van der Waals surface area contributed by atoms with Crippen molar-refractivity contribution >= 4 is 6.04 Å². The molecule has 1 aliphatic carbocycles. The van der Waals surface area contributed by atoms with Gasteiger partial charge in [-0.15, -0.1) is 0 Å². The minimum atomic E-state index is -1.85. The van der Waals surface area contributed by atoms with E-state index in [1.165, 1.54) is 0 Å². The minimum Gasteiger partial charge on any atom is -0.261 e. The summed E-state index contributed by atoms with van der Waals surface area (Å²) >= 11 is 0. The van der Waals surface area contributed by atoms with Gasteiger partial charge in [0.2, 0.25) is 0 Å². The van der Waals surface area contributed by atoms with E-state index in [9.17, 15) is 18.0 Å². The second-order valence-corrected chi connectivity index (χ2v) is 3.59. The quantitative estimate of drug-likeness (QED) is 0.594. The SMILES string of the molecule is CC1(C)[C@@H](C=C(F)F)[C@@H]1C(=O)F. The molecule has 12 heavy (non-hydrogen) atoms. The summed E-state index contributed by atoms with van der Waals surface area (Å²) in [5.74, 6) is -1.51. The number of hydrogen-bond acceptors (Lipinski definition) is 1. The van der Waals surface area contributed by atoms with E-state index in [-0.39, 0.29) is 0 Å². The van der Waals surface area contributed by atoms with Gasteiger partial charge < -0.3 is 0 Å². The van der Waals surface area contributed by atoms with Crippen molar-refractivity contribution < 1.29 is 18.0 Å². The molecule has 4 heteroatoms. The first-order chi connectivity index (χ1) is 5.37. The average Bonchev–Trinajstić information content (AvgIpc) is 2.32. The van der Waals surface area contributed by atoms with Gasteiger partial charge in [0.15, 0.2) is 0 Å². The molecule has 1 rings (SSSR count). The maximum atomic E-state index is 12.2. The van der Waals surface area contributed by atoms with E-state index < -0.39 is 29.4 Å². The maximum Gasteiger partial charge on any atom is 0.305 e. The molecule has 0 radical (unpaired) electrons. The predicted molar refractivity (Wildman–Crippen MR) is 37.2 cm³/mol. The van der Waals surface area contributed by atoms with Crippen molar-refractivity contribution in [1.29, 1.82) is 0 Å². The van der Waals surface area contributed by atoms with Crippen LogP contribution in [0.5, 0.6) is 0 Å². The Labute approximate surface area is 68.3 Å². The van der Waals surface area contributed by atoms with Gasteiger partial charge in [-0.1, -0.05) is 13.8 Å². The number of carbonyl (C=O) groups is 1. The summed E-state index contributed by atoms with van der Waals surface area (Å²) in [6.45, 7) is 3.19. The monoisotopic (exact) mass is 178 g/mol. The van der Waals surface area contributed by atoms with Gasteiger partial charge in [-0.3, -0.25) is 4.79 Å². The lowest BCUT2D eigenvalue weighted by Gasteiger charge is -1.95. The fourth-order valence-electron chi connectivity index (χ4n) is 1.56. The molecule has 0 saturated heterocycles. The molecule has 1 nitrogen and oxygen atoms in total. The molecule has 0 aliphatic heterocycles. The van der Waals surface area contributed by atoms with Gasteiger partial charge in [-0.05, 0) is 11.5 Å². The topological polar surface area (TPSA) is 17.1 Å². The Bertz CT molecular complexity index is 241. The van der Waals surface area contributed by atoms with Crippen LogP contribution in [0.4, 0.5) is 13.2 Å². The smallest absolute Gasteiger partial charge is 0.261 e. The van der Waals surface area contributed by atoms with Crippen molar-refractivity contribution in [3.05, 3.63) is 12.2 Å². The first-order valence-corrected chi connectivity index (χ1v) is 3.59. The van der Waals surface area contributed by atoms with Crippen molar-refractivity contribution in [3.8, 4) is 0 Å². The van der Waals surface area contributed by atoms with E-state index in [0.717, 1.165) is 0 Å². The lowest BCUT2D eigenvalue weighted by atomic mass is 10.1. The third kappa shape index (κ3) is 1.38. The molecule has 2 atom stereocenters. The minimum absolute atomic E-state index is 0.639. The van der Waals surface area contributed by atoms with E-state index in [1.54, 1.807) is 13.8 Å². The summed E-state index contributed by atoms with van der Waals surface area (Å²) in [6.07, 6.45) is -1.20. The van der Waals surface area contributed by atoms with Gasteiger partial charge in [-0.2, -0.15) is 13.2 Å². The molecular weight excluding hydrogens is 169 g/mol. The summed E-state index contributed by atoms with van der Waals surface area (Å²) in [5.41, 5.74) is -0.644. The van der Waals surface area contributed by atoms with Crippen molar-refractivity contribution in [1.82, 2.24) is 0 Å². The van der Waals surface area contributed by atoms with E-state index in [4.69, 9.17) is 0 Å². The zero-order valence-corrected chi connectivity index (χ0v) is 6.77. The summed E-state index contributed by atoms with van der Waals surface area (Å²) < 4.78 is 35.6. The molecule has 0 aromatic rings. The normalized spacial score (nSPS) is 31.1. The van der Waals surface area contributed by atoms with Crippen LogP contribution in [0.25, 0.3) is 0 Å². The first-order valence-electron chi connectivity index (χ1n) is 3.59. The number of halogens is 3. The Hall–Kier alpha value is -0.800. The summed E-state index contributed by atoms with van der Waals surface area (Å²) in [5, 5.41) is 0. The highest BCUT2D eigenvalue weighted by Crippen LogP contribution is 2.59. The summed E-state index contributed by atoms with van der Waals surface area (Å²) in [6, 6.07) is -1.50. The Morgan fingerprint density at radius 3 is 2.08 bits per heavy atom. The van der Waals surface area contributed by atoms with E-state index >= 15 is 0 Å². The van der Waals surface area contributed by atoms with Crippen LogP contribution in [0, 0.1) is 17.3 Å². The van der Waals surface area contributed by atoms with Gasteiger partial charge >= 0.3 is 6.04 Å². The second kappa shape index (κ2) is 2.61. The molecule has 0 heterocycles. The molecule has 0 spiro atoms. The van der Waals surface area contributed by atoms with Gasteiger partial charge in [0.25, 0.3) is 6.08 Å². The van der Waals surface area contributed by atoms with E-state index in [1.807, 2.05) is 0 Å². The molecule has 0 bridgehead atoms. The Kier molecular flexibility index (Phi) is 2.02. The summed E-state index contributed by atoms with van der Waals surface area (Å²) in [4.78, 5) is 10.3. The number of rotatable bonds is 2. The van der Waals surface area contributed by atoms with Gasteiger partial charge in [0.1, 0.15) is 0 Å². The second-order valence-electron chi connectivity index (χ2n) is 3.59. The third-order valence-electron chi connectivity index (χ3n) is 2.46. The number of hydrogen-bond donors (Lipinski definition) is 0. The van der Waals surface area contributed by atoms with Crippen LogP contribution in [-0.4, -0.2) is 6.04 Å². The summed E-state index contributed by atoms with van der Waals surface area (Å²) in [7, 11) is 0. The Morgan fingerprint density at radius 2 is 1.83 bits per heavy atom. The molecule has 68 valence electrons. The van der Waals surface area contributed by atoms with E-state index in [2.05, 4.69) is 0 Å². The molecule has 0 unspecified atom stereocenters. The Balaban J connectivity index is 2.73. The largest absolute Gasteiger partial charge is 0.305 e. The molecule has 0 amide bonds. The standard InChI is InChI=1S/C8H9F3O/c1-8(2)4(3-5(9)10)6(8)7(11)12/h3-4,6H,1-2H3/t4-,6+/m0/s1. The number of carbonyl (C=O) groups excluding carboxylic acids is 1. The van der Waals surface area contributed by atoms with Gasteiger partial charge in [0.05, 0.1) is 5.92 Å². The van der Waals surface area contributed by atoms with Crippen LogP contribution >= 0.6 is 0 Å². The van der Waals surface area contributed by atoms with Crippen LogP contribution in [0.2, 0.25) is 0 Å². The lowest BCUT2D eigenvalue weighted by molar-refractivity contribution is -0.131. The number of allylic oxidation sites excluding steroid dienone is 1. The van der Waals surface area contributed by atoms with Gasteiger partial charge in [-0.25, -0.2) is 0 Å². The molecule has 1 saturated carbocycles. The zero-order valence-electron chi connectivity index (χ0n) is 6.77. The highest BCUT2D eigenvalue weighted by atomic mass is 19.3. The predicted octanol–water partition coefficient (Wildman–Crippen LogP) is 2.54. The zero-order chi connectivity index (χ0) is 9.52. The van der Waals surface area contributed by atoms with Crippen LogP contribution < -0.4 is 0 Å². The average molecular weight is 178 g/mol. The van der Waals surface area contributed by atoms with E-state index in [0.29, 0.717) is 6.08 Å². The van der Waals surface area contributed by atoms with Crippen molar-refractivity contribution in [2.24, 2.45) is 17.3 Å². The maximum absolute atomic E-state index is 12.2. The fourth-order valence-corrected chi connectivity index (χ4v) is 1.56. The van der Waals surface area contributed by atoms with Crippen molar-refractivity contribution in [2.75, 3.05) is 0 Å². The molecule has 1 aliphatic rings. The van der Waals surface area contributed by atoms with Crippen molar-refractivity contribution in [2.45, 2.75) is 13.8 Å². The molecule has 0 aromatic carbocycles.